The second-order valence-corrected chi connectivity index (χ2v) is 10.8. The maximum absolute atomic E-state index is 12.8. The molecule has 4 heterocycles. The Hall–Kier alpha value is -2.13. The van der Waals surface area contributed by atoms with E-state index >= 15 is 0 Å². The van der Waals surface area contributed by atoms with Gasteiger partial charge < -0.3 is 26.2 Å². The number of hydrogen-bond donors (Lipinski definition) is 3. The van der Waals surface area contributed by atoms with E-state index in [0.29, 0.717) is 27.8 Å². The summed E-state index contributed by atoms with van der Waals surface area (Å²) < 4.78 is 0. The molecule has 4 rings (SSSR count). The van der Waals surface area contributed by atoms with Crippen molar-refractivity contribution in [2.75, 3.05) is 17.2 Å². The van der Waals surface area contributed by atoms with Crippen molar-refractivity contribution in [2.45, 2.75) is 17.8 Å². The number of carbonyl (C=O) groups excluding carboxylic acids is 3. The molecule has 35 heavy (non-hydrogen) atoms. The minimum atomic E-state index is -1.48. The zero-order chi connectivity index (χ0) is 24.4. The molecule has 2 amide bonds. The molecule has 0 aromatic carbocycles. The number of carboxylic acid groups (broad SMARTS) is 1. The number of nitriles is 1. The van der Waals surface area contributed by atoms with E-state index in [1.807, 2.05) is 6.07 Å². The van der Waals surface area contributed by atoms with E-state index in [0.717, 1.165) is 21.9 Å². The molecule has 12 nitrogen and oxygen atoms in total. The van der Waals surface area contributed by atoms with Gasteiger partial charge in [0.2, 0.25) is 0 Å². The number of nitrogens with zero attached hydrogens (tertiary/aromatic N) is 5. The average Bonchev–Trinajstić information content (AvgIpc) is 3.46. The molecule has 2 aliphatic rings. The molecular weight excluding hydrogens is 546 g/mol. The summed E-state index contributed by atoms with van der Waals surface area (Å²) in [6.45, 7) is 0. The number of aromatic nitrogens is 2. The van der Waals surface area contributed by atoms with Crippen molar-refractivity contribution in [3.63, 3.8) is 0 Å². The van der Waals surface area contributed by atoms with Crippen LogP contribution in [0.2, 0.25) is 0 Å². The minimum absolute atomic E-state index is 0. The van der Waals surface area contributed by atoms with Crippen LogP contribution >= 0.6 is 46.2 Å². The van der Waals surface area contributed by atoms with Crippen LogP contribution in [-0.4, -0.2) is 66.5 Å². The Labute approximate surface area is 237 Å². The molecule has 0 unspecified atom stereocenters. The number of fused-ring (bicyclic) bond motifs is 1. The number of rotatable bonds is 8. The van der Waals surface area contributed by atoms with Crippen LogP contribution in [0.15, 0.2) is 26.5 Å². The van der Waals surface area contributed by atoms with Gasteiger partial charge in [-0.1, -0.05) is 5.16 Å². The number of carbonyl (C=O) groups is 3. The Morgan fingerprint density at radius 2 is 2.17 bits per heavy atom. The fraction of sp³-hybridized carbons (Fsp3) is 0.278. The fourth-order valence-corrected chi connectivity index (χ4v) is 7.06. The van der Waals surface area contributed by atoms with Crippen LogP contribution in [0.25, 0.3) is 0 Å². The zero-order valence-electron chi connectivity index (χ0n) is 18.0. The quantitative estimate of drug-likeness (QED) is 0.0957. The van der Waals surface area contributed by atoms with Gasteiger partial charge in [-0.3, -0.25) is 14.5 Å². The van der Waals surface area contributed by atoms with Crippen LogP contribution in [0.4, 0.5) is 5.13 Å². The van der Waals surface area contributed by atoms with E-state index in [9.17, 15) is 24.7 Å². The Bertz CT molecular complexity index is 1270. The number of amides is 2. The Balaban J connectivity index is 0.00000342. The SMILES string of the molecule is N#Cc1nc(CCSC2=C(C(=O)[O-])N3C(=O)[C@@H](NC(=O)/C(=N\O)c4csc(N)n4)[C@H]3SC2)cs1.[Na+]. The smallest absolute Gasteiger partial charge is 0.543 e. The van der Waals surface area contributed by atoms with Gasteiger partial charge in [0, 0.05) is 27.2 Å². The van der Waals surface area contributed by atoms with Gasteiger partial charge in [-0.15, -0.1) is 46.2 Å². The molecule has 2 aromatic rings. The first-order chi connectivity index (χ1) is 16.3. The standard InChI is InChI=1S/C18H15N7O5S4.Na/c19-3-10-21-7(4-32-10)1-2-31-9-6-33-16-12(15(27)25(16)13(9)17(28)29)23-14(26)11(24-30)8-5-34-18(20)22-8;/h4-5,12,16,30H,1-2,6H2,(H2,20,22)(H,23,26)(H,28,29);/q;+1/p-1/b24-11-;/t12-,16-;/m1./s1. The second-order valence-electron chi connectivity index (χ2n) is 6.79. The number of hydrogen-bond acceptors (Lipinski definition) is 14. The third kappa shape index (κ3) is 5.66. The summed E-state index contributed by atoms with van der Waals surface area (Å²) in [5.41, 5.74) is 5.70. The first kappa shape index (κ1) is 27.5. The summed E-state index contributed by atoms with van der Waals surface area (Å²) in [7, 11) is 0. The van der Waals surface area contributed by atoms with Crippen molar-refractivity contribution in [1.29, 1.82) is 5.26 Å². The van der Waals surface area contributed by atoms with Gasteiger partial charge >= 0.3 is 29.6 Å². The summed E-state index contributed by atoms with van der Waals surface area (Å²) in [5.74, 6) is -2.14. The summed E-state index contributed by atoms with van der Waals surface area (Å²) in [5, 5.41) is 38.5. The van der Waals surface area contributed by atoms with Crippen LogP contribution in [-0.2, 0) is 20.8 Å². The van der Waals surface area contributed by atoms with Crippen LogP contribution < -0.4 is 45.7 Å². The van der Waals surface area contributed by atoms with E-state index in [1.54, 1.807) is 5.38 Å². The topological polar surface area (TPSA) is 198 Å². The summed E-state index contributed by atoms with van der Waals surface area (Å²) >= 11 is 4.86. The monoisotopic (exact) mass is 559 g/mol. The molecule has 2 aliphatic heterocycles. The molecule has 1 fully saturated rings. The molecular formula is C18H14N7NaO5S4. The summed E-state index contributed by atoms with van der Waals surface area (Å²) in [6.07, 6.45) is 0.526. The molecule has 0 saturated carbocycles. The minimum Gasteiger partial charge on any atom is -0.543 e. The number of aliphatic carboxylic acids is 1. The van der Waals surface area contributed by atoms with Crippen molar-refractivity contribution >= 4 is 74.8 Å². The third-order valence-electron chi connectivity index (χ3n) is 4.77. The Kier molecular flexibility index (Phi) is 9.21. The van der Waals surface area contributed by atoms with Crippen molar-refractivity contribution in [3.05, 3.63) is 37.8 Å². The number of nitrogens with one attached hydrogen (secondary N) is 1. The molecule has 0 bridgehead atoms. The molecule has 1 saturated heterocycles. The van der Waals surface area contributed by atoms with Gasteiger partial charge in [-0.2, -0.15) is 5.26 Å². The largest absolute Gasteiger partial charge is 1.00 e. The molecule has 2 atom stereocenters. The van der Waals surface area contributed by atoms with Crippen LogP contribution in [0.3, 0.4) is 0 Å². The molecule has 0 radical (unpaired) electrons. The number of nitrogen functional groups attached to an aromatic ring is 1. The van der Waals surface area contributed by atoms with E-state index in [-0.39, 0.29) is 46.1 Å². The number of anilines is 1. The molecule has 176 valence electrons. The molecule has 2 aromatic heterocycles. The van der Waals surface area contributed by atoms with Crippen molar-refractivity contribution in [1.82, 2.24) is 20.2 Å². The van der Waals surface area contributed by atoms with Crippen molar-refractivity contribution < 1.29 is 54.3 Å². The number of nitrogens with two attached hydrogens (primary N) is 1. The second kappa shape index (κ2) is 11.7. The van der Waals surface area contributed by atoms with E-state index in [1.165, 1.54) is 40.2 Å². The maximum atomic E-state index is 12.8. The number of thioether (sulfide) groups is 2. The first-order valence-electron chi connectivity index (χ1n) is 9.44. The Morgan fingerprint density at radius 1 is 1.40 bits per heavy atom. The third-order valence-corrected chi connectivity index (χ3v) is 8.80. The number of β-lactam (4-membered cyclic amide) rings is 1. The number of thiazole rings is 2. The van der Waals surface area contributed by atoms with Crippen LogP contribution in [0.5, 0.6) is 0 Å². The van der Waals surface area contributed by atoms with Crippen molar-refractivity contribution in [3.8, 4) is 6.07 Å². The van der Waals surface area contributed by atoms with Gasteiger partial charge in [0.05, 0.1) is 17.4 Å². The predicted octanol–water partition coefficient (Wildman–Crippen LogP) is -3.43. The predicted molar refractivity (Wildman–Crippen MR) is 125 cm³/mol. The first-order valence-corrected chi connectivity index (χ1v) is 13.2. The molecule has 4 N–H and O–H groups in total. The van der Waals surface area contributed by atoms with Gasteiger partial charge in [0.25, 0.3) is 11.8 Å². The Morgan fingerprint density at radius 3 is 2.77 bits per heavy atom. The van der Waals surface area contributed by atoms with E-state index in [2.05, 4.69) is 20.4 Å². The number of carboxylic acids is 1. The van der Waals surface area contributed by atoms with Crippen LogP contribution in [0.1, 0.15) is 16.4 Å². The number of oxime groups is 1. The molecule has 17 heteroatoms. The zero-order valence-corrected chi connectivity index (χ0v) is 23.2. The summed E-state index contributed by atoms with van der Waals surface area (Å²) in [6, 6.07) is 0.960. The van der Waals surface area contributed by atoms with E-state index in [4.69, 9.17) is 11.0 Å². The maximum Gasteiger partial charge on any atom is 1.00 e. The van der Waals surface area contributed by atoms with Gasteiger partial charge in [-0.05, 0) is 6.42 Å². The number of aryl methyl sites for hydroxylation is 1. The van der Waals surface area contributed by atoms with Crippen molar-refractivity contribution in [2.24, 2.45) is 5.16 Å². The fourth-order valence-electron chi connectivity index (χ4n) is 3.26. The summed E-state index contributed by atoms with van der Waals surface area (Å²) in [4.78, 5) is 46.8. The average molecular weight is 560 g/mol. The molecule has 0 spiro atoms. The molecule has 0 aliphatic carbocycles. The normalized spacial score (nSPS) is 19.3. The van der Waals surface area contributed by atoms with Gasteiger partial charge in [0.15, 0.2) is 15.9 Å². The van der Waals surface area contributed by atoms with Crippen LogP contribution in [0, 0.1) is 11.3 Å². The van der Waals surface area contributed by atoms with Gasteiger partial charge in [0.1, 0.15) is 23.2 Å². The van der Waals surface area contributed by atoms with E-state index < -0.39 is 34.9 Å². The van der Waals surface area contributed by atoms with Gasteiger partial charge in [-0.25, -0.2) is 9.97 Å².